The van der Waals surface area contributed by atoms with E-state index in [1.807, 2.05) is 22.8 Å². The first-order chi connectivity index (χ1) is 9.66. The van der Waals surface area contributed by atoms with E-state index >= 15 is 0 Å². The van der Waals surface area contributed by atoms with Gasteiger partial charge in [0.15, 0.2) is 5.16 Å². The van der Waals surface area contributed by atoms with Crippen molar-refractivity contribution in [1.82, 2.24) is 9.55 Å². The normalized spacial score (nSPS) is 18.8. The summed E-state index contributed by atoms with van der Waals surface area (Å²) >= 11 is 7.50. The minimum atomic E-state index is -0.859. The molecular formula is C13H13ClN2O3S. The number of carboxylic acids is 1. The minimum absolute atomic E-state index is 0.0193. The number of benzene rings is 1. The number of para-hydroxylation sites is 1. The third-order valence-corrected chi connectivity index (χ3v) is 4.47. The molecule has 2 aromatic rings. The van der Waals surface area contributed by atoms with E-state index in [0.29, 0.717) is 23.4 Å². The van der Waals surface area contributed by atoms with Gasteiger partial charge >= 0.3 is 5.97 Å². The molecule has 5 nitrogen and oxygen atoms in total. The van der Waals surface area contributed by atoms with E-state index in [-0.39, 0.29) is 11.8 Å². The van der Waals surface area contributed by atoms with Crippen LogP contribution in [0.5, 0.6) is 0 Å². The first-order valence-electron chi connectivity index (χ1n) is 6.25. The van der Waals surface area contributed by atoms with Crippen LogP contribution in [0, 0.1) is 0 Å². The number of carbonyl (C=O) groups is 1. The molecule has 0 radical (unpaired) electrons. The van der Waals surface area contributed by atoms with Crippen LogP contribution in [-0.2, 0) is 9.53 Å². The average molecular weight is 313 g/mol. The van der Waals surface area contributed by atoms with Gasteiger partial charge in [-0.3, -0.25) is 4.79 Å². The van der Waals surface area contributed by atoms with Crippen molar-refractivity contribution in [2.75, 3.05) is 19.0 Å². The summed E-state index contributed by atoms with van der Waals surface area (Å²) in [5.41, 5.74) is 1.65. The molecule has 2 heterocycles. The van der Waals surface area contributed by atoms with Gasteiger partial charge in [0.25, 0.3) is 0 Å². The Hall–Kier alpha value is -1.24. The Labute approximate surface area is 124 Å². The van der Waals surface area contributed by atoms with E-state index in [1.54, 1.807) is 0 Å². The number of carboxylic acid groups (broad SMARTS) is 1. The first kappa shape index (κ1) is 13.7. The van der Waals surface area contributed by atoms with Gasteiger partial charge in [0, 0.05) is 6.61 Å². The SMILES string of the molecule is O=C(O)CSc1nc2cccc(Cl)c2n1C1CCOC1. The van der Waals surface area contributed by atoms with Crippen LogP contribution < -0.4 is 0 Å². The first-order valence-corrected chi connectivity index (χ1v) is 7.62. The van der Waals surface area contributed by atoms with Crippen molar-refractivity contribution in [3.63, 3.8) is 0 Å². The molecule has 1 aliphatic heterocycles. The summed E-state index contributed by atoms with van der Waals surface area (Å²) in [5, 5.41) is 10.2. The van der Waals surface area contributed by atoms with E-state index in [9.17, 15) is 4.79 Å². The van der Waals surface area contributed by atoms with Crippen molar-refractivity contribution in [1.29, 1.82) is 0 Å². The summed E-state index contributed by atoms with van der Waals surface area (Å²) in [7, 11) is 0. The molecule has 0 aliphatic carbocycles. The van der Waals surface area contributed by atoms with Gasteiger partial charge in [-0.05, 0) is 18.6 Å². The van der Waals surface area contributed by atoms with Crippen LogP contribution in [-0.4, -0.2) is 39.6 Å². The Morgan fingerprint density at radius 3 is 3.15 bits per heavy atom. The molecule has 1 aromatic heterocycles. The molecule has 0 amide bonds. The van der Waals surface area contributed by atoms with Crippen LogP contribution in [0.2, 0.25) is 5.02 Å². The second kappa shape index (κ2) is 5.63. The molecule has 0 bridgehead atoms. The monoisotopic (exact) mass is 312 g/mol. The number of imidazole rings is 1. The van der Waals surface area contributed by atoms with Gasteiger partial charge in [-0.15, -0.1) is 0 Å². The lowest BCUT2D eigenvalue weighted by Crippen LogP contribution is -2.11. The fourth-order valence-electron chi connectivity index (χ4n) is 2.38. The Morgan fingerprint density at radius 2 is 2.45 bits per heavy atom. The number of aliphatic carboxylic acids is 1. The van der Waals surface area contributed by atoms with E-state index in [4.69, 9.17) is 21.4 Å². The molecule has 1 fully saturated rings. The molecular weight excluding hydrogens is 300 g/mol. The summed E-state index contributed by atoms with van der Waals surface area (Å²) in [6, 6.07) is 5.72. The minimum Gasteiger partial charge on any atom is -0.481 e. The molecule has 0 spiro atoms. The largest absolute Gasteiger partial charge is 0.481 e. The van der Waals surface area contributed by atoms with Crippen LogP contribution in [0.25, 0.3) is 11.0 Å². The third-order valence-electron chi connectivity index (χ3n) is 3.22. The van der Waals surface area contributed by atoms with Crippen molar-refractivity contribution >= 4 is 40.4 Å². The van der Waals surface area contributed by atoms with Gasteiger partial charge in [-0.2, -0.15) is 0 Å². The van der Waals surface area contributed by atoms with Gasteiger partial charge in [-0.1, -0.05) is 29.4 Å². The molecule has 1 aliphatic rings. The Kier molecular flexibility index (Phi) is 3.87. The zero-order valence-electron chi connectivity index (χ0n) is 10.6. The number of rotatable bonds is 4. The fourth-order valence-corrected chi connectivity index (χ4v) is 3.43. The summed E-state index contributed by atoms with van der Waals surface area (Å²) in [4.78, 5) is 15.3. The Bertz CT molecular complexity index is 652. The lowest BCUT2D eigenvalue weighted by atomic mass is 10.2. The summed E-state index contributed by atoms with van der Waals surface area (Å²) in [6.07, 6.45) is 0.886. The molecule has 0 saturated carbocycles. The number of hydrogen-bond acceptors (Lipinski definition) is 4. The van der Waals surface area contributed by atoms with Crippen LogP contribution in [0.1, 0.15) is 12.5 Å². The summed E-state index contributed by atoms with van der Waals surface area (Å²) < 4.78 is 7.46. The van der Waals surface area contributed by atoms with Crippen LogP contribution in [0.15, 0.2) is 23.4 Å². The van der Waals surface area contributed by atoms with Gasteiger partial charge in [0.05, 0.1) is 34.5 Å². The highest BCUT2D eigenvalue weighted by Crippen LogP contribution is 2.34. The molecule has 20 heavy (non-hydrogen) atoms. The fraction of sp³-hybridized carbons (Fsp3) is 0.385. The maximum absolute atomic E-state index is 10.8. The van der Waals surface area contributed by atoms with Crippen molar-refractivity contribution in [3.8, 4) is 0 Å². The number of hydrogen-bond donors (Lipinski definition) is 1. The molecule has 1 unspecified atom stereocenters. The van der Waals surface area contributed by atoms with E-state index in [1.165, 1.54) is 11.8 Å². The van der Waals surface area contributed by atoms with Crippen molar-refractivity contribution in [2.24, 2.45) is 0 Å². The van der Waals surface area contributed by atoms with Crippen LogP contribution in [0.3, 0.4) is 0 Å². The van der Waals surface area contributed by atoms with E-state index in [0.717, 1.165) is 17.5 Å². The van der Waals surface area contributed by atoms with Gasteiger partial charge in [-0.25, -0.2) is 4.98 Å². The van der Waals surface area contributed by atoms with Crippen molar-refractivity contribution < 1.29 is 14.6 Å². The third kappa shape index (κ3) is 2.51. The smallest absolute Gasteiger partial charge is 0.313 e. The lowest BCUT2D eigenvalue weighted by molar-refractivity contribution is -0.133. The molecule has 1 aromatic carbocycles. The highest BCUT2D eigenvalue weighted by atomic mass is 35.5. The molecule has 106 valence electrons. The summed E-state index contributed by atoms with van der Waals surface area (Å²) in [5.74, 6) is -0.878. The second-order valence-electron chi connectivity index (χ2n) is 4.57. The maximum Gasteiger partial charge on any atom is 0.313 e. The molecule has 3 rings (SSSR count). The molecule has 1 atom stereocenters. The number of ether oxygens (including phenoxy) is 1. The number of halogens is 1. The molecule has 1 saturated heterocycles. The zero-order valence-corrected chi connectivity index (χ0v) is 12.2. The van der Waals surface area contributed by atoms with Crippen LogP contribution in [0.4, 0.5) is 0 Å². The van der Waals surface area contributed by atoms with Gasteiger partial charge in [0.1, 0.15) is 0 Å². The van der Waals surface area contributed by atoms with Gasteiger partial charge in [0.2, 0.25) is 0 Å². The molecule has 7 heteroatoms. The van der Waals surface area contributed by atoms with Crippen molar-refractivity contribution in [3.05, 3.63) is 23.2 Å². The second-order valence-corrected chi connectivity index (χ2v) is 5.92. The lowest BCUT2D eigenvalue weighted by Gasteiger charge is -2.14. The highest BCUT2D eigenvalue weighted by molar-refractivity contribution is 7.99. The number of fused-ring (bicyclic) bond motifs is 1. The topological polar surface area (TPSA) is 64.3 Å². The standard InChI is InChI=1S/C13H13ClN2O3S/c14-9-2-1-3-10-12(9)16(8-4-5-19-6-8)13(15-10)20-7-11(17)18/h1-3,8H,4-7H2,(H,17,18). The van der Waals surface area contributed by atoms with E-state index < -0.39 is 5.97 Å². The average Bonchev–Trinajstić information content (AvgIpc) is 3.03. The predicted octanol–water partition coefficient (Wildman–Crippen LogP) is 2.83. The van der Waals surface area contributed by atoms with Crippen molar-refractivity contribution in [2.45, 2.75) is 17.6 Å². The Morgan fingerprint density at radius 1 is 1.60 bits per heavy atom. The number of thioether (sulfide) groups is 1. The van der Waals surface area contributed by atoms with Crippen LogP contribution >= 0.6 is 23.4 Å². The highest BCUT2D eigenvalue weighted by Gasteiger charge is 2.25. The molecule has 1 N–H and O–H groups in total. The number of nitrogens with zero attached hydrogens (tertiary/aromatic N) is 2. The zero-order chi connectivity index (χ0) is 14.1. The maximum atomic E-state index is 10.8. The quantitative estimate of drug-likeness (QED) is 0.879. The summed E-state index contributed by atoms with van der Waals surface area (Å²) in [6.45, 7) is 1.31. The van der Waals surface area contributed by atoms with E-state index in [2.05, 4.69) is 4.98 Å². The predicted molar refractivity (Wildman–Crippen MR) is 77.6 cm³/mol. The number of aromatic nitrogens is 2. The van der Waals surface area contributed by atoms with Gasteiger partial charge < -0.3 is 14.4 Å². The Balaban J connectivity index is 2.09.